The van der Waals surface area contributed by atoms with Crippen LogP contribution in [0.1, 0.15) is 12.6 Å². The number of hydrogen-bond donors (Lipinski definition) is 1. The van der Waals surface area contributed by atoms with Gasteiger partial charge in [-0.1, -0.05) is 4.49 Å². The van der Waals surface area contributed by atoms with Crippen molar-refractivity contribution in [2.45, 2.75) is 13.5 Å². The Kier molecular flexibility index (Phi) is 4.45. The van der Waals surface area contributed by atoms with Crippen LogP contribution >= 0.6 is 27.5 Å². The summed E-state index contributed by atoms with van der Waals surface area (Å²) in [6.07, 6.45) is 1.20. The number of anilines is 1. The molecule has 20 heavy (non-hydrogen) atoms. The average molecular weight is 360 g/mol. The molecule has 1 N–H and O–H groups in total. The lowest BCUT2D eigenvalue weighted by Crippen LogP contribution is -2.22. The lowest BCUT2D eigenvalue weighted by molar-refractivity contribution is -0.385. The third-order valence-corrected chi connectivity index (χ3v) is 3.75. The Bertz CT molecular complexity index is 698. The van der Waals surface area contributed by atoms with Gasteiger partial charge in [0, 0.05) is 24.1 Å². The standard InChI is InChI=1S/C10H10BrN5O3S/c1-2-12-9-8(13-14-20-9)5-15-4-6(16(18)19)3-7(11)10(15)17/h3-4,12H,2,5H2,1H3. The third kappa shape index (κ3) is 3.02. The Morgan fingerprint density at radius 2 is 2.35 bits per heavy atom. The minimum Gasteiger partial charge on any atom is -0.374 e. The van der Waals surface area contributed by atoms with E-state index in [-0.39, 0.29) is 22.3 Å². The van der Waals surface area contributed by atoms with Crippen LogP contribution < -0.4 is 10.9 Å². The van der Waals surface area contributed by atoms with Gasteiger partial charge in [-0.3, -0.25) is 14.9 Å². The molecule has 0 fully saturated rings. The number of halogens is 1. The highest BCUT2D eigenvalue weighted by molar-refractivity contribution is 9.10. The molecule has 2 aromatic heterocycles. The number of nitrogens with zero attached hydrogens (tertiary/aromatic N) is 4. The first-order chi connectivity index (χ1) is 9.52. The Hall–Kier alpha value is -1.81. The summed E-state index contributed by atoms with van der Waals surface area (Å²) in [7, 11) is 0. The fraction of sp³-hybridized carbons (Fsp3) is 0.300. The van der Waals surface area contributed by atoms with Crippen molar-refractivity contribution in [3.8, 4) is 0 Å². The molecule has 0 saturated heterocycles. The van der Waals surface area contributed by atoms with Crippen molar-refractivity contribution in [1.82, 2.24) is 14.2 Å². The number of pyridine rings is 1. The van der Waals surface area contributed by atoms with Gasteiger partial charge in [0.05, 0.1) is 22.1 Å². The van der Waals surface area contributed by atoms with Crippen LogP contribution in [0.15, 0.2) is 21.5 Å². The molecule has 0 amide bonds. The highest BCUT2D eigenvalue weighted by Crippen LogP contribution is 2.20. The molecule has 2 heterocycles. The molecule has 0 aliphatic rings. The first-order valence-electron chi connectivity index (χ1n) is 5.62. The second-order valence-electron chi connectivity index (χ2n) is 3.82. The molecule has 2 aromatic rings. The van der Waals surface area contributed by atoms with Gasteiger partial charge in [0.15, 0.2) is 0 Å². The predicted octanol–water partition coefficient (Wildman–Crippen LogP) is 1.85. The maximum Gasteiger partial charge on any atom is 0.286 e. The molecule has 0 aliphatic carbocycles. The molecule has 0 aromatic carbocycles. The van der Waals surface area contributed by atoms with Crippen LogP contribution in [0.25, 0.3) is 0 Å². The van der Waals surface area contributed by atoms with Crippen LogP contribution in [-0.4, -0.2) is 25.6 Å². The second-order valence-corrected chi connectivity index (χ2v) is 5.42. The Morgan fingerprint density at radius 1 is 1.60 bits per heavy atom. The molecule has 0 saturated carbocycles. The molecule has 0 bridgehead atoms. The number of aromatic nitrogens is 3. The van der Waals surface area contributed by atoms with Crippen LogP contribution in [-0.2, 0) is 6.54 Å². The molecule has 0 atom stereocenters. The largest absolute Gasteiger partial charge is 0.374 e. The van der Waals surface area contributed by atoms with Crippen LogP contribution in [0.2, 0.25) is 0 Å². The van der Waals surface area contributed by atoms with Crippen LogP contribution in [0.3, 0.4) is 0 Å². The summed E-state index contributed by atoms with van der Waals surface area (Å²) in [5.74, 6) is 0. The average Bonchev–Trinajstić information content (AvgIpc) is 2.82. The summed E-state index contributed by atoms with van der Waals surface area (Å²) in [6.45, 7) is 2.75. The van der Waals surface area contributed by atoms with Gasteiger partial charge in [-0.2, -0.15) is 0 Å². The monoisotopic (exact) mass is 359 g/mol. The summed E-state index contributed by atoms with van der Waals surface area (Å²) in [4.78, 5) is 22.2. The number of nitrogens with one attached hydrogen (secondary N) is 1. The Balaban J connectivity index is 2.40. The van der Waals surface area contributed by atoms with E-state index in [1.165, 1.54) is 28.4 Å². The van der Waals surface area contributed by atoms with E-state index in [4.69, 9.17) is 0 Å². The Labute approximate surface area is 125 Å². The van der Waals surface area contributed by atoms with Crippen molar-refractivity contribution in [3.63, 3.8) is 0 Å². The zero-order valence-electron chi connectivity index (χ0n) is 10.4. The fourth-order valence-corrected chi connectivity index (χ4v) is 2.67. The van der Waals surface area contributed by atoms with Gasteiger partial charge in [-0.25, -0.2) is 0 Å². The van der Waals surface area contributed by atoms with Gasteiger partial charge in [0.1, 0.15) is 10.7 Å². The number of nitro groups is 1. The lowest BCUT2D eigenvalue weighted by atomic mass is 10.3. The lowest BCUT2D eigenvalue weighted by Gasteiger charge is -2.06. The molecular weight excluding hydrogens is 350 g/mol. The van der Waals surface area contributed by atoms with Gasteiger partial charge < -0.3 is 9.88 Å². The first kappa shape index (κ1) is 14.6. The zero-order valence-corrected chi connectivity index (χ0v) is 12.8. The summed E-state index contributed by atoms with van der Waals surface area (Å²) in [5, 5.41) is 18.6. The van der Waals surface area contributed by atoms with Gasteiger partial charge in [0.25, 0.3) is 11.2 Å². The van der Waals surface area contributed by atoms with Crippen LogP contribution in [0.5, 0.6) is 0 Å². The minimum atomic E-state index is -0.550. The van der Waals surface area contributed by atoms with E-state index < -0.39 is 4.92 Å². The highest BCUT2D eigenvalue weighted by atomic mass is 79.9. The van der Waals surface area contributed by atoms with E-state index >= 15 is 0 Å². The Morgan fingerprint density at radius 3 is 3.00 bits per heavy atom. The van der Waals surface area contributed by atoms with Crippen molar-refractivity contribution in [1.29, 1.82) is 0 Å². The van der Waals surface area contributed by atoms with Crippen molar-refractivity contribution in [3.05, 3.63) is 42.9 Å². The maximum atomic E-state index is 12.0. The molecule has 8 nitrogen and oxygen atoms in total. The summed E-state index contributed by atoms with van der Waals surface area (Å²) in [5.41, 5.74) is 0.0575. The van der Waals surface area contributed by atoms with Crippen LogP contribution in [0, 0.1) is 10.1 Å². The van der Waals surface area contributed by atoms with E-state index in [0.717, 1.165) is 5.00 Å². The molecule has 0 spiro atoms. The molecule has 0 aliphatic heterocycles. The summed E-state index contributed by atoms with van der Waals surface area (Å²) < 4.78 is 5.19. The predicted molar refractivity (Wildman–Crippen MR) is 78.2 cm³/mol. The molecule has 0 unspecified atom stereocenters. The minimum absolute atomic E-state index is 0.123. The molecule has 0 radical (unpaired) electrons. The number of hydrogen-bond acceptors (Lipinski definition) is 7. The first-order valence-corrected chi connectivity index (χ1v) is 7.19. The van der Waals surface area contributed by atoms with E-state index in [0.29, 0.717) is 12.2 Å². The second kappa shape index (κ2) is 6.09. The fourth-order valence-electron chi connectivity index (χ4n) is 1.57. The summed E-state index contributed by atoms with van der Waals surface area (Å²) >= 11 is 4.21. The number of rotatable bonds is 5. The van der Waals surface area contributed by atoms with Crippen molar-refractivity contribution >= 4 is 38.2 Å². The molecule has 106 valence electrons. The van der Waals surface area contributed by atoms with Gasteiger partial charge in [0.2, 0.25) is 0 Å². The van der Waals surface area contributed by atoms with E-state index in [9.17, 15) is 14.9 Å². The molecule has 10 heteroatoms. The molecular formula is C10H10BrN5O3S. The van der Waals surface area contributed by atoms with E-state index in [1.807, 2.05) is 6.92 Å². The van der Waals surface area contributed by atoms with E-state index in [2.05, 4.69) is 30.8 Å². The quantitative estimate of drug-likeness (QED) is 0.645. The smallest absolute Gasteiger partial charge is 0.286 e. The SMILES string of the molecule is CCNc1snnc1Cn1cc([N+](=O)[O-])cc(Br)c1=O. The van der Waals surface area contributed by atoms with Crippen LogP contribution in [0.4, 0.5) is 10.7 Å². The van der Waals surface area contributed by atoms with Crippen molar-refractivity contribution in [2.75, 3.05) is 11.9 Å². The molecule has 2 rings (SSSR count). The topological polar surface area (TPSA) is 103 Å². The van der Waals surface area contributed by atoms with Gasteiger partial charge in [-0.05, 0) is 22.9 Å². The van der Waals surface area contributed by atoms with Gasteiger partial charge in [-0.15, -0.1) is 5.10 Å². The van der Waals surface area contributed by atoms with E-state index in [1.54, 1.807) is 0 Å². The normalized spacial score (nSPS) is 10.5. The third-order valence-electron chi connectivity index (χ3n) is 2.45. The zero-order chi connectivity index (χ0) is 14.7. The highest BCUT2D eigenvalue weighted by Gasteiger charge is 2.15. The van der Waals surface area contributed by atoms with Crippen molar-refractivity contribution in [2.24, 2.45) is 0 Å². The van der Waals surface area contributed by atoms with Crippen molar-refractivity contribution < 1.29 is 4.92 Å². The maximum absolute atomic E-state index is 12.0. The van der Waals surface area contributed by atoms with Gasteiger partial charge >= 0.3 is 0 Å². The summed E-state index contributed by atoms with van der Waals surface area (Å²) in [6, 6.07) is 1.18.